The summed E-state index contributed by atoms with van der Waals surface area (Å²) >= 11 is 3.07. The Kier molecular flexibility index (Phi) is 3.08. The topological polar surface area (TPSA) is 54.9 Å². The van der Waals surface area contributed by atoms with Crippen LogP contribution in [0.2, 0.25) is 0 Å². The number of rotatable bonds is 2. The first-order valence-corrected chi connectivity index (χ1v) is 4.79. The summed E-state index contributed by atoms with van der Waals surface area (Å²) in [6.07, 6.45) is 1.36. The van der Waals surface area contributed by atoms with Crippen molar-refractivity contribution in [2.24, 2.45) is 5.92 Å². The summed E-state index contributed by atoms with van der Waals surface area (Å²) < 4.78 is 1.57. The molecule has 0 saturated heterocycles. The number of nitrogens with one attached hydrogen (secondary N) is 1. The van der Waals surface area contributed by atoms with E-state index in [0.29, 0.717) is 11.0 Å². The van der Waals surface area contributed by atoms with Crippen LogP contribution in [-0.2, 0) is 6.54 Å². The minimum Gasteiger partial charge on any atom is -0.313 e. The van der Waals surface area contributed by atoms with Gasteiger partial charge in [-0.05, 0) is 21.8 Å². The highest BCUT2D eigenvalue weighted by Crippen LogP contribution is 1.98. The van der Waals surface area contributed by atoms with Crippen molar-refractivity contribution in [3.63, 3.8) is 0 Å². The van der Waals surface area contributed by atoms with Gasteiger partial charge in [-0.1, -0.05) is 13.8 Å². The van der Waals surface area contributed by atoms with Gasteiger partial charge >= 0.3 is 5.69 Å². The number of hydrogen-bond acceptors (Lipinski definition) is 2. The molecule has 1 aromatic heterocycles. The highest BCUT2D eigenvalue weighted by Gasteiger charge is 2.05. The van der Waals surface area contributed by atoms with E-state index in [-0.39, 0.29) is 17.2 Å². The van der Waals surface area contributed by atoms with E-state index in [1.807, 2.05) is 13.8 Å². The lowest BCUT2D eigenvalue weighted by atomic mass is 10.2. The molecular weight excluding hydrogens is 236 g/mol. The smallest absolute Gasteiger partial charge is 0.313 e. The molecular formula is C8H11BrN2O2. The Morgan fingerprint density at radius 2 is 2.15 bits per heavy atom. The third kappa shape index (κ3) is 2.30. The van der Waals surface area contributed by atoms with Crippen molar-refractivity contribution < 1.29 is 0 Å². The third-order valence-electron chi connectivity index (χ3n) is 1.56. The molecule has 4 nitrogen and oxygen atoms in total. The van der Waals surface area contributed by atoms with Gasteiger partial charge in [0.2, 0.25) is 0 Å². The van der Waals surface area contributed by atoms with Gasteiger partial charge in [0.1, 0.15) is 0 Å². The van der Waals surface area contributed by atoms with Gasteiger partial charge in [-0.3, -0.25) is 9.36 Å². The van der Waals surface area contributed by atoms with Crippen LogP contribution in [0.1, 0.15) is 13.8 Å². The highest BCUT2D eigenvalue weighted by atomic mass is 79.9. The van der Waals surface area contributed by atoms with Crippen LogP contribution in [0.25, 0.3) is 0 Å². The largest absolute Gasteiger partial charge is 0.328 e. The van der Waals surface area contributed by atoms with E-state index in [1.54, 1.807) is 0 Å². The molecule has 0 unspecified atom stereocenters. The number of nitrogens with zero attached hydrogens (tertiary/aromatic N) is 1. The van der Waals surface area contributed by atoms with Crippen molar-refractivity contribution in [3.8, 4) is 0 Å². The predicted molar refractivity (Wildman–Crippen MR) is 53.9 cm³/mol. The van der Waals surface area contributed by atoms with E-state index in [4.69, 9.17) is 0 Å². The first-order chi connectivity index (χ1) is 6.02. The molecule has 72 valence electrons. The molecule has 0 fully saturated rings. The van der Waals surface area contributed by atoms with E-state index < -0.39 is 0 Å². The molecule has 13 heavy (non-hydrogen) atoms. The van der Waals surface area contributed by atoms with Crippen LogP contribution in [0, 0.1) is 5.92 Å². The number of H-pyrrole nitrogens is 1. The molecule has 0 atom stereocenters. The molecule has 5 heteroatoms. The molecule has 0 aliphatic rings. The maximum atomic E-state index is 11.4. The van der Waals surface area contributed by atoms with Gasteiger partial charge in [0.05, 0.1) is 4.47 Å². The van der Waals surface area contributed by atoms with Crippen LogP contribution < -0.4 is 11.2 Å². The summed E-state index contributed by atoms with van der Waals surface area (Å²) in [5.74, 6) is 0.271. The molecule has 0 aromatic carbocycles. The Hall–Kier alpha value is -0.840. The summed E-state index contributed by atoms with van der Waals surface area (Å²) in [4.78, 5) is 25.1. The number of halogens is 1. The standard InChI is InChI=1S/C8H11BrN2O2/c1-5(2)4-11-7(12)6(9)3-10-8(11)13/h3,5H,4H2,1-2H3,(H,10,13). The van der Waals surface area contributed by atoms with Crippen LogP contribution in [0.4, 0.5) is 0 Å². The van der Waals surface area contributed by atoms with Crippen molar-refractivity contribution in [1.82, 2.24) is 9.55 Å². The lowest BCUT2D eigenvalue weighted by Crippen LogP contribution is -2.36. The van der Waals surface area contributed by atoms with Gasteiger partial charge in [0.25, 0.3) is 5.56 Å². The van der Waals surface area contributed by atoms with E-state index in [9.17, 15) is 9.59 Å². The zero-order chi connectivity index (χ0) is 10.0. The molecule has 0 bridgehead atoms. The van der Waals surface area contributed by atoms with Crippen LogP contribution in [-0.4, -0.2) is 9.55 Å². The molecule has 0 saturated carbocycles. The molecule has 1 rings (SSSR count). The van der Waals surface area contributed by atoms with Crippen molar-refractivity contribution in [3.05, 3.63) is 31.5 Å². The average molecular weight is 247 g/mol. The van der Waals surface area contributed by atoms with Gasteiger partial charge in [-0.2, -0.15) is 0 Å². The summed E-state index contributed by atoms with van der Waals surface area (Å²) in [6, 6.07) is 0. The van der Waals surface area contributed by atoms with E-state index in [2.05, 4.69) is 20.9 Å². The van der Waals surface area contributed by atoms with Gasteiger partial charge < -0.3 is 4.98 Å². The fourth-order valence-electron chi connectivity index (χ4n) is 1.02. The molecule has 0 aliphatic heterocycles. The number of hydrogen-bond donors (Lipinski definition) is 1. The predicted octanol–water partition coefficient (Wildman–Crippen LogP) is 0.955. The normalized spacial score (nSPS) is 10.8. The van der Waals surface area contributed by atoms with Gasteiger partial charge in [-0.15, -0.1) is 0 Å². The third-order valence-corrected chi connectivity index (χ3v) is 2.13. The first-order valence-electron chi connectivity index (χ1n) is 4.00. The zero-order valence-electron chi connectivity index (χ0n) is 7.50. The highest BCUT2D eigenvalue weighted by molar-refractivity contribution is 9.10. The molecule has 0 aliphatic carbocycles. The molecule has 0 spiro atoms. The monoisotopic (exact) mass is 246 g/mol. The van der Waals surface area contributed by atoms with Crippen molar-refractivity contribution in [2.45, 2.75) is 20.4 Å². The Bertz CT molecular complexity index is 405. The second-order valence-electron chi connectivity index (χ2n) is 3.25. The molecule has 0 amide bonds. The second kappa shape index (κ2) is 3.91. The Labute approximate surface area is 83.7 Å². The van der Waals surface area contributed by atoms with E-state index in [1.165, 1.54) is 10.8 Å². The number of aromatic amines is 1. The molecule has 1 heterocycles. The van der Waals surface area contributed by atoms with Crippen LogP contribution in [0.15, 0.2) is 20.3 Å². The minimum absolute atomic E-state index is 0.271. The summed E-state index contributed by atoms with van der Waals surface area (Å²) in [5.41, 5.74) is -0.639. The first kappa shape index (κ1) is 10.2. The van der Waals surface area contributed by atoms with Crippen LogP contribution >= 0.6 is 15.9 Å². The van der Waals surface area contributed by atoms with Crippen molar-refractivity contribution in [1.29, 1.82) is 0 Å². The van der Waals surface area contributed by atoms with Gasteiger partial charge in [-0.25, -0.2) is 4.79 Å². The lowest BCUT2D eigenvalue weighted by Gasteiger charge is -2.06. The quantitative estimate of drug-likeness (QED) is 0.846. The van der Waals surface area contributed by atoms with Gasteiger partial charge in [0, 0.05) is 12.7 Å². The fourth-order valence-corrected chi connectivity index (χ4v) is 1.35. The summed E-state index contributed by atoms with van der Waals surface area (Å²) in [5, 5.41) is 0. The van der Waals surface area contributed by atoms with Gasteiger partial charge in [0.15, 0.2) is 0 Å². The van der Waals surface area contributed by atoms with Crippen molar-refractivity contribution in [2.75, 3.05) is 0 Å². The van der Waals surface area contributed by atoms with E-state index in [0.717, 1.165) is 0 Å². The SMILES string of the molecule is CC(C)Cn1c(=O)[nH]cc(Br)c1=O. The lowest BCUT2D eigenvalue weighted by molar-refractivity contribution is 0.491. The zero-order valence-corrected chi connectivity index (χ0v) is 9.09. The van der Waals surface area contributed by atoms with Crippen LogP contribution in [0.3, 0.4) is 0 Å². The maximum Gasteiger partial charge on any atom is 0.328 e. The molecule has 1 N–H and O–H groups in total. The van der Waals surface area contributed by atoms with E-state index >= 15 is 0 Å². The fraction of sp³-hybridized carbons (Fsp3) is 0.500. The minimum atomic E-state index is -0.359. The van der Waals surface area contributed by atoms with Crippen LogP contribution in [0.5, 0.6) is 0 Å². The average Bonchev–Trinajstić information content (AvgIpc) is 2.05. The Morgan fingerprint density at radius 3 is 2.69 bits per heavy atom. The maximum absolute atomic E-state index is 11.4. The Balaban J connectivity index is 3.27. The second-order valence-corrected chi connectivity index (χ2v) is 4.11. The summed E-state index contributed by atoms with van der Waals surface area (Å²) in [7, 11) is 0. The van der Waals surface area contributed by atoms with Crippen molar-refractivity contribution >= 4 is 15.9 Å². The number of aromatic nitrogens is 2. The summed E-state index contributed by atoms with van der Waals surface area (Å²) in [6.45, 7) is 4.34. The molecule has 1 aromatic rings. The Morgan fingerprint density at radius 1 is 1.54 bits per heavy atom. The molecule has 0 radical (unpaired) electrons.